The van der Waals surface area contributed by atoms with E-state index < -0.39 is 0 Å². The third-order valence-corrected chi connectivity index (χ3v) is 3.15. The maximum absolute atomic E-state index is 4.76. The van der Waals surface area contributed by atoms with Crippen molar-refractivity contribution in [2.75, 3.05) is 0 Å². The standard InChI is InChI=1S/C15H20N2/c1-6-11-13(15(3,4)5)10(2)14-12(17-11)8-7-9-16-14/h7-9H,6H2,1-5H3. The van der Waals surface area contributed by atoms with E-state index >= 15 is 0 Å². The summed E-state index contributed by atoms with van der Waals surface area (Å²) in [7, 11) is 0. The largest absolute Gasteiger partial charge is 0.254 e. The Morgan fingerprint density at radius 1 is 1.24 bits per heavy atom. The van der Waals surface area contributed by atoms with Gasteiger partial charge in [0.1, 0.15) is 0 Å². The Labute approximate surface area is 103 Å². The Hall–Kier alpha value is -1.44. The molecule has 2 aromatic heterocycles. The van der Waals surface area contributed by atoms with Crippen molar-refractivity contribution in [2.24, 2.45) is 0 Å². The van der Waals surface area contributed by atoms with Crippen LogP contribution in [0.2, 0.25) is 0 Å². The normalized spacial score (nSPS) is 12.1. The number of hydrogen-bond acceptors (Lipinski definition) is 2. The highest BCUT2D eigenvalue weighted by Gasteiger charge is 2.22. The number of fused-ring (bicyclic) bond motifs is 1. The summed E-state index contributed by atoms with van der Waals surface area (Å²) < 4.78 is 0. The van der Waals surface area contributed by atoms with Gasteiger partial charge in [0.2, 0.25) is 0 Å². The van der Waals surface area contributed by atoms with Gasteiger partial charge in [-0.3, -0.25) is 9.97 Å². The molecule has 0 bridgehead atoms. The minimum atomic E-state index is 0.119. The maximum atomic E-state index is 4.76. The van der Waals surface area contributed by atoms with Gasteiger partial charge in [-0.25, -0.2) is 0 Å². The third kappa shape index (κ3) is 2.04. The first kappa shape index (κ1) is 12.0. The molecule has 0 aromatic carbocycles. The van der Waals surface area contributed by atoms with Crippen molar-refractivity contribution < 1.29 is 0 Å². The Bertz CT molecular complexity index is 551. The lowest BCUT2D eigenvalue weighted by molar-refractivity contribution is 0.576. The van der Waals surface area contributed by atoms with Crippen LogP contribution in [0.4, 0.5) is 0 Å². The first-order valence-corrected chi connectivity index (χ1v) is 6.20. The zero-order valence-corrected chi connectivity index (χ0v) is 11.3. The van der Waals surface area contributed by atoms with Crippen LogP contribution in [-0.4, -0.2) is 9.97 Å². The molecule has 0 fully saturated rings. The SMILES string of the molecule is CCc1nc2cccnc2c(C)c1C(C)(C)C. The minimum absolute atomic E-state index is 0.119. The molecule has 0 aliphatic carbocycles. The van der Waals surface area contributed by atoms with Gasteiger partial charge in [-0.1, -0.05) is 27.7 Å². The summed E-state index contributed by atoms with van der Waals surface area (Å²) in [6.45, 7) is 11.1. The molecule has 0 atom stereocenters. The predicted octanol–water partition coefficient (Wildman–Crippen LogP) is 3.80. The molecule has 2 rings (SSSR count). The molecular formula is C15H20N2. The average molecular weight is 228 g/mol. The Kier molecular flexibility index (Phi) is 2.90. The summed E-state index contributed by atoms with van der Waals surface area (Å²) in [5.41, 5.74) is 6.00. The average Bonchev–Trinajstić information content (AvgIpc) is 2.27. The maximum Gasteiger partial charge on any atom is 0.0918 e. The second kappa shape index (κ2) is 4.10. The molecule has 0 spiro atoms. The summed E-state index contributed by atoms with van der Waals surface area (Å²) in [6, 6.07) is 3.99. The third-order valence-electron chi connectivity index (χ3n) is 3.15. The number of hydrogen-bond donors (Lipinski definition) is 0. The van der Waals surface area contributed by atoms with E-state index in [1.165, 1.54) is 16.8 Å². The lowest BCUT2D eigenvalue weighted by atomic mass is 9.82. The molecule has 0 N–H and O–H groups in total. The van der Waals surface area contributed by atoms with Crippen LogP contribution >= 0.6 is 0 Å². The molecule has 0 saturated carbocycles. The van der Waals surface area contributed by atoms with Gasteiger partial charge in [0.25, 0.3) is 0 Å². The molecule has 0 amide bonds. The zero-order valence-electron chi connectivity index (χ0n) is 11.3. The van der Waals surface area contributed by atoms with Crippen LogP contribution < -0.4 is 0 Å². The minimum Gasteiger partial charge on any atom is -0.254 e. The molecule has 0 saturated heterocycles. The van der Waals surface area contributed by atoms with Crippen molar-refractivity contribution in [1.29, 1.82) is 0 Å². The van der Waals surface area contributed by atoms with E-state index in [0.717, 1.165) is 17.5 Å². The van der Waals surface area contributed by atoms with Crippen molar-refractivity contribution in [3.05, 3.63) is 35.2 Å². The molecule has 2 aromatic rings. The Morgan fingerprint density at radius 2 is 1.94 bits per heavy atom. The van der Waals surface area contributed by atoms with Crippen LogP contribution in [0.5, 0.6) is 0 Å². The second-order valence-electron chi connectivity index (χ2n) is 5.53. The molecule has 0 unspecified atom stereocenters. The van der Waals surface area contributed by atoms with Gasteiger partial charge < -0.3 is 0 Å². The van der Waals surface area contributed by atoms with Gasteiger partial charge in [-0.2, -0.15) is 0 Å². The van der Waals surface area contributed by atoms with Gasteiger partial charge in [0, 0.05) is 11.9 Å². The fraction of sp³-hybridized carbons (Fsp3) is 0.467. The number of pyridine rings is 2. The van der Waals surface area contributed by atoms with Crippen molar-refractivity contribution in [1.82, 2.24) is 9.97 Å². The molecule has 2 heterocycles. The molecule has 0 aliphatic rings. The van der Waals surface area contributed by atoms with Gasteiger partial charge in [0.15, 0.2) is 0 Å². The van der Waals surface area contributed by atoms with Crippen LogP contribution in [0.15, 0.2) is 18.3 Å². The van der Waals surface area contributed by atoms with Crippen molar-refractivity contribution in [2.45, 2.75) is 46.5 Å². The summed E-state index contributed by atoms with van der Waals surface area (Å²) >= 11 is 0. The second-order valence-corrected chi connectivity index (χ2v) is 5.53. The summed E-state index contributed by atoms with van der Waals surface area (Å²) in [6.07, 6.45) is 2.81. The molecule has 2 nitrogen and oxygen atoms in total. The number of nitrogens with zero attached hydrogens (tertiary/aromatic N) is 2. The van der Waals surface area contributed by atoms with Crippen molar-refractivity contribution in [3.8, 4) is 0 Å². The molecule has 0 aliphatic heterocycles. The first-order chi connectivity index (χ1) is 7.95. The van der Waals surface area contributed by atoms with Crippen LogP contribution in [0, 0.1) is 6.92 Å². The van der Waals surface area contributed by atoms with Gasteiger partial charge >= 0.3 is 0 Å². The predicted molar refractivity (Wildman–Crippen MR) is 72.4 cm³/mol. The highest BCUT2D eigenvalue weighted by molar-refractivity contribution is 5.79. The van der Waals surface area contributed by atoms with E-state index in [1.54, 1.807) is 0 Å². The fourth-order valence-electron chi connectivity index (χ4n) is 2.56. The van der Waals surface area contributed by atoms with Crippen LogP contribution in [0.25, 0.3) is 11.0 Å². The van der Waals surface area contributed by atoms with Crippen molar-refractivity contribution in [3.63, 3.8) is 0 Å². The molecule has 2 heteroatoms. The van der Waals surface area contributed by atoms with Gasteiger partial charge in [-0.05, 0) is 42.0 Å². The topological polar surface area (TPSA) is 25.8 Å². The smallest absolute Gasteiger partial charge is 0.0918 e. The highest BCUT2D eigenvalue weighted by Crippen LogP contribution is 2.31. The number of rotatable bonds is 1. The first-order valence-electron chi connectivity index (χ1n) is 6.20. The van der Waals surface area contributed by atoms with Crippen LogP contribution in [0.1, 0.15) is 44.5 Å². The molecule has 0 radical (unpaired) electrons. The fourth-order valence-corrected chi connectivity index (χ4v) is 2.56. The van der Waals surface area contributed by atoms with Crippen molar-refractivity contribution >= 4 is 11.0 Å². The van der Waals surface area contributed by atoms with Crippen LogP contribution in [-0.2, 0) is 11.8 Å². The highest BCUT2D eigenvalue weighted by atomic mass is 14.8. The Morgan fingerprint density at radius 3 is 2.53 bits per heavy atom. The van der Waals surface area contributed by atoms with E-state index in [2.05, 4.69) is 39.6 Å². The van der Waals surface area contributed by atoms with Gasteiger partial charge in [0.05, 0.1) is 11.0 Å². The van der Waals surface area contributed by atoms with E-state index in [9.17, 15) is 0 Å². The lowest BCUT2D eigenvalue weighted by Gasteiger charge is -2.25. The molecule has 17 heavy (non-hydrogen) atoms. The van der Waals surface area contributed by atoms with Crippen LogP contribution in [0.3, 0.4) is 0 Å². The zero-order chi connectivity index (χ0) is 12.6. The number of aryl methyl sites for hydroxylation is 2. The van der Waals surface area contributed by atoms with E-state index in [4.69, 9.17) is 4.98 Å². The van der Waals surface area contributed by atoms with E-state index in [1.807, 2.05) is 18.3 Å². The monoisotopic (exact) mass is 228 g/mol. The van der Waals surface area contributed by atoms with Gasteiger partial charge in [-0.15, -0.1) is 0 Å². The van der Waals surface area contributed by atoms with E-state index in [0.29, 0.717) is 0 Å². The summed E-state index contributed by atoms with van der Waals surface area (Å²) in [4.78, 5) is 9.23. The number of aromatic nitrogens is 2. The Balaban J connectivity index is 2.86. The summed E-state index contributed by atoms with van der Waals surface area (Å²) in [5, 5.41) is 0. The lowest BCUT2D eigenvalue weighted by Crippen LogP contribution is -2.18. The molecule has 90 valence electrons. The van der Waals surface area contributed by atoms with E-state index in [-0.39, 0.29) is 5.41 Å². The summed E-state index contributed by atoms with van der Waals surface area (Å²) in [5.74, 6) is 0. The molecular weight excluding hydrogens is 208 g/mol. The quantitative estimate of drug-likeness (QED) is 0.742.